The zero-order valence-corrected chi connectivity index (χ0v) is 12.6. The third kappa shape index (κ3) is 2.98. The molecule has 1 amide bonds. The van der Waals surface area contributed by atoms with Crippen molar-refractivity contribution in [2.24, 2.45) is 5.92 Å². The maximum absolute atomic E-state index is 12.4. The molecule has 7 heteroatoms. The standard InChI is InChI=1S/C15H17N3O4/c1-9-4-5-18-12(6-9)16-7-11(14(18)20)13(19)17(3)8-10(2)15(21)22/h4-7,10H,8H2,1-3H3,(H,21,22). The Morgan fingerprint density at radius 2 is 2.14 bits per heavy atom. The van der Waals surface area contributed by atoms with E-state index in [9.17, 15) is 14.4 Å². The van der Waals surface area contributed by atoms with Crippen molar-refractivity contribution in [3.63, 3.8) is 0 Å². The van der Waals surface area contributed by atoms with Gasteiger partial charge in [-0.2, -0.15) is 0 Å². The van der Waals surface area contributed by atoms with Crippen molar-refractivity contribution < 1.29 is 14.7 Å². The van der Waals surface area contributed by atoms with E-state index < -0.39 is 23.4 Å². The third-order valence-corrected chi connectivity index (χ3v) is 3.41. The second kappa shape index (κ2) is 5.97. The molecule has 22 heavy (non-hydrogen) atoms. The fourth-order valence-electron chi connectivity index (χ4n) is 2.10. The Kier molecular flexibility index (Phi) is 4.25. The van der Waals surface area contributed by atoms with Crippen LogP contribution in [0, 0.1) is 12.8 Å². The van der Waals surface area contributed by atoms with Gasteiger partial charge >= 0.3 is 5.97 Å². The number of rotatable bonds is 4. The van der Waals surface area contributed by atoms with Gasteiger partial charge in [0, 0.05) is 26.0 Å². The van der Waals surface area contributed by atoms with Crippen LogP contribution in [-0.4, -0.2) is 44.9 Å². The Hall–Kier alpha value is -2.70. The molecule has 0 spiro atoms. The smallest absolute Gasteiger partial charge is 0.308 e. The van der Waals surface area contributed by atoms with E-state index in [0.29, 0.717) is 5.65 Å². The van der Waals surface area contributed by atoms with E-state index in [0.717, 1.165) is 5.56 Å². The molecular weight excluding hydrogens is 286 g/mol. The third-order valence-electron chi connectivity index (χ3n) is 3.41. The number of aliphatic carboxylic acids is 1. The molecule has 2 aromatic heterocycles. The summed E-state index contributed by atoms with van der Waals surface area (Å²) in [6.07, 6.45) is 2.80. The number of hydrogen-bond donors (Lipinski definition) is 1. The van der Waals surface area contributed by atoms with Gasteiger partial charge in [-0.3, -0.25) is 18.8 Å². The van der Waals surface area contributed by atoms with Crippen LogP contribution in [0.1, 0.15) is 22.8 Å². The van der Waals surface area contributed by atoms with Gasteiger partial charge in [0.2, 0.25) is 0 Å². The summed E-state index contributed by atoms with van der Waals surface area (Å²) in [5.74, 6) is -2.25. The molecule has 0 aromatic carbocycles. The number of nitrogens with zero attached hydrogens (tertiary/aromatic N) is 3. The summed E-state index contributed by atoms with van der Waals surface area (Å²) in [6.45, 7) is 3.40. The topological polar surface area (TPSA) is 92.0 Å². The number of pyridine rings is 1. The highest BCUT2D eigenvalue weighted by Gasteiger charge is 2.21. The van der Waals surface area contributed by atoms with Gasteiger partial charge < -0.3 is 10.0 Å². The maximum atomic E-state index is 12.4. The van der Waals surface area contributed by atoms with Crippen LogP contribution in [-0.2, 0) is 4.79 Å². The fraction of sp³-hybridized carbons (Fsp3) is 0.333. The predicted molar refractivity (Wildman–Crippen MR) is 80.0 cm³/mol. The lowest BCUT2D eigenvalue weighted by molar-refractivity contribution is -0.141. The lowest BCUT2D eigenvalue weighted by Gasteiger charge is -2.19. The first-order valence-electron chi connectivity index (χ1n) is 6.77. The first-order valence-corrected chi connectivity index (χ1v) is 6.77. The van der Waals surface area contributed by atoms with Crippen molar-refractivity contribution in [3.8, 4) is 0 Å². The summed E-state index contributed by atoms with van der Waals surface area (Å²) in [5, 5.41) is 8.89. The summed E-state index contributed by atoms with van der Waals surface area (Å²) in [4.78, 5) is 40.9. The highest BCUT2D eigenvalue weighted by atomic mass is 16.4. The molecule has 0 radical (unpaired) electrons. The van der Waals surface area contributed by atoms with Gasteiger partial charge in [-0.25, -0.2) is 4.98 Å². The molecule has 2 aromatic rings. The van der Waals surface area contributed by atoms with Crippen LogP contribution in [0.4, 0.5) is 0 Å². The molecule has 2 rings (SSSR count). The van der Waals surface area contributed by atoms with Crippen molar-refractivity contribution in [3.05, 3.63) is 46.0 Å². The summed E-state index contributed by atoms with van der Waals surface area (Å²) < 4.78 is 1.30. The molecule has 1 unspecified atom stereocenters. The minimum absolute atomic E-state index is 0.0181. The Morgan fingerprint density at radius 3 is 2.77 bits per heavy atom. The van der Waals surface area contributed by atoms with Crippen LogP contribution < -0.4 is 5.56 Å². The SMILES string of the molecule is Cc1ccn2c(=O)c(C(=O)N(C)CC(C)C(=O)O)cnc2c1. The zero-order valence-electron chi connectivity index (χ0n) is 12.6. The van der Waals surface area contributed by atoms with E-state index in [1.807, 2.05) is 6.92 Å². The van der Waals surface area contributed by atoms with Crippen molar-refractivity contribution in [1.82, 2.24) is 14.3 Å². The van der Waals surface area contributed by atoms with Crippen molar-refractivity contribution in [2.45, 2.75) is 13.8 Å². The van der Waals surface area contributed by atoms with Gasteiger partial charge in [0.05, 0.1) is 5.92 Å². The number of aromatic nitrogens is 2. The Bertz CT molecular complexity index is 797. The predicted octanol–water partition coefficient (Wildman–Crippen LogP) is 0.796. The Labute approximate surface area is 126 Å². The Morgan fingerprint density at radius 1 is 1.45 bits per heavy atom. The molecule has 0 saturated carbocycles. The lowest BCUT2D eigenvalue weighted by atomic mass is 10.1. The number of amides is 1. The average Bonchev–Trinajstić information content (AvgIpc) is 2.46. The van der Waals surface area contributed by atoms with Crippen LogP contribution >= 0.6 is 0 Å². The monoisotopic (exact) mass is 303 g/mol. The van der Waals surface area contributed by atoms with E-state index in [4.69, 9.17) is 5.11 Å². The number of carbonyl (C=O) groups excluding carboxylic acids is 1. The second-order valence-corrected chi connectivity index (χ2v) is 5.33. The van der Waals surface area contributed by atoms with Crippen LogP contribution in [0.2, 0.25) is 0 Å². The van der Waals surface area contributed by atoms with Crippen molar-refractivity contribution >= 4 is 17.5 Å². The summed E-state index contributed by atoms with van der Waals surface area (Å²) in [7, 11) is 1.46. The van der Waals surface area contributed by atoms with E-state index in [1.165, 1.54) is 29.5 Å². The molecule has 1 atom stereocenters. The summed E-state index contributed by atoms with van der Waals surface area (Å²) >= 11 is 0. The molecule has 0 bridgehead atoms. The number of aryl methyl sites for hydroxylation is 1. The van der Waals surface area contributed by atoms with Crippen LogP contribution in [0.15, 0.2) is 29.3 Å². The highest BCUT2D eigenvalue weighted by molar-refractivity contribution is 5.93. The van der Waals surface area contributed by atoms with Crippen molar-refractivity contribution in [1.29, 1.82) is 0 Å². The average molecular weight is 303 g/mol. The number of carboxylic acids is 1. The normalized spacial score (nSPS) is 12.1. The fourth-order valence-corrected chi connectivity index (χ4v) is 2.10. The lowest BCUT2D eigenvalue weighted by Crippen LogP contribution is -2.37. The minimum Gasteiger partial charge on any atom is -0.481 e. The molecule has 0 aliphatic rings. The quantitative estimate of drug-likeness (QED) is 0.901. The number of hydrogen-bond acceptors (Lipinski definition) is 4. The second-order valence-electron chi connectivity index (χ2n) is 5.33. The molecular formula is C15H17N3O4. The molecule has 116 valence electrons. The number of carboxylic acid groups (broad SMARTS) is 1. The highest BCUT2D eigenvalue weighted by Crippen LogP contribution is 2.05. The largest absolute Gasteiger partial charge is 0.481 e. The summed E-state index contributed by atoms with van der Waals surface area (Å²) in [5.41, 5.74) is 0.868. The first-order chi connectivity index (χ1) is 10.3. The van der Waals surface area contributed by atoms with Gasteiger partial charge in [0.25, 0.3) is 11.5 Å². The van der Waals surface area contributed by atoms with Crippen LogP contribution in [0.3, 0.4) is 0 Å². The molecule has 0 fully saturated rings. The van der Waals surface area contributed by atoms with Gasteiger partial charge in [-0.05, 0) is 24.6 Å². The van der Waals surface area contributed by atoms with Crippen LogP contribution in [0.25, 0.3) is 5.65 Å². The van der Waals surface area contributed by atoms with Gasteiger partial charge in [-0.15, -0.1) is 0 Å². The maximum Gasteiger partial charge on any atom is 0.308 e. The first kappa shape index (κ1) is 15.7. The van der Waals surface area contributed by atoms with Crippen molar-refractivity contribution in [2.75, 3.05) is 13.6 Å². The van der Waals surface area contributed by atoms with E-state index in [-0.39, 0.29) is 12.1 Å². The molecule has 2 heterocycles. The van der Waals surface area contributed by atoms with E-state index in [1.54, 1.807) is 18.3 Å². The van der Waals surface area contributed by atoms with Gasteiger partial charge in [0.15, 0.2) is 0 Å². The van der Waals surface area contributed by atoms with E-state index >= 15 is 0 Å². The zero-order chi connectivity index (χ0) is 16.4. The summed E-state index contributed by atoms with van der Waals surface area (Å²) in [6, 6.07) is 3.49. The molecule has 0 aliphatic carbocycles. The molecule has 7 nitrogen and oxygen atoms in total. The molecule has 0 aliphatic heterocycles. The molecule has 0 saturated heterocycles. The van der Waals surface area contributed by atoms with Crippen LogP contribution in [0.5, 0.6) is 0 Å². The minimum atomic E-state index is -0.997. The molecule has 1 N–H and O–H groups in total. The number of carbonyl (C=O) groups is 2. The Balaban J connectivity index is 2.36. The van der Waals surface area contributed by atoms with E-state index in [2.05, 4.69) is 4.98 Å². The van der Waals surface area contributed by atoms with Gasteiger partial charge in [-0.1, -0.05) is 6.92 Å². The van der Waals surface area contributed by atoms with Gasteiger partial charge in [0.1, 0.15) is 11.2 Å². The number of fused-ring (bicyclic) bond motifs is 1.